The molecular formula is C16H21FN2S. The topological polar surface area (TPSA) is 15.3 Å². The van der Waals surface area contributed by atoms with Crippen LogP contribution in [0.25, 0.3) is 10.1 Å². The monoisotopic (exact) mass is 292 g/mol. The first-order valence-electron chi connectivity index (χ1n) is 7.24. The highest BCUT2D eigenvalue weighted by Crippen LogP contribution is 2.35. The largest absolute Gasteiger partial charge is 0.315 e. The number of nitrogens with zero attached hydrogens (tertiary/aromatic N) is 1. The Morgan fingerprint density at radius 2 is 2.30 bits per heavy atom. The third-order valence-corrected chi connectivity index (χ3v) is 5.27. The Balaban J connectivity index is 1.99. The number of rotatable bonds is 4. The molecule has 1 atom stereocenters. The smallest absolute Gasteiger partial charge is 0.132 e. The first-order chi connectivity index (χ1) is 9.69. The fraction of sp³-hybridized carbons (Fsp3) is 0.500. The van der Waals surface area contributed by atoms with Crippen molar-refractivity contribution in [3.05, 3.63) is 34.5 Å². The second-order valence-electron chi connectivity index (χ2n) is 5.78. The van der Waals surface area contributed by atoms with Gasteiger partial charge in [-0.15, -0.1) is 11.3 Å². The van der Waals surface area contributed by atoms with E-state index >= 15 is 0 Å². The minimum Gasteiger partial charge on any atom is -0.315 e. The SMILES string of the molecule is CNCc1sc2cccc(F)c2c1CN1CCC(C)C1. The van der Waals surface area contributed by atoms with Crippen LogP contribution in [0.1, 0.15) is 23.8 Å². The van der Waals surface area contributed by atoms with Crippen molar-refractivity contribution in [2.45, 2.75) is 26.4 Å². The van der Waals surface area contributed by atoms with E-state index in [1.807, 2.05) is 13.1 Å². The molecular weight excluding hydrogens is 271 g/mol. The van der Waals surface area contributed by atoms with Crippen LogP contribution in [0.15, 0.2) is 18.2 Å². The number of hydrogen-bond donors (Lipinski definition) is 1. The number of benzene rings is 1. The van der Waals surface area contributed by atoms with Crippen molar-refractivity contribution < 1.29 is 4.39 Å². The molecule has 0 saturated carbocycles. The summed E-state index contributed by atoms with van der Waals surface area (Å²) < 4.78 is 15.3. The molecule has 1 saturated heterocycles. The van der Waals surface area contributed by atoms with Crippen LogP contribution in [0.4, 0.5) is 4.39 Å². The standard InChI is InChI=1S/C16H21FN2S/c1-11-6-7-19(9-11)10-12-15(8-18-2)20-14-5-3-4-13(17)16(12)14/h3-5,11,18H,6-10H2,1-2H3. The van der Waals surface area contributed by atoms with Crippen molar-refractivity contribution >= 4 is 21.4 Å². The Hall–Kier alpha value is -0.970. The van der Waals surface area contributed by atoms with Gasteiger partial charge in [-0.2, -0.15) is 0 Å². The Morgan fingerprint density at radius 1 is 1.45 bits per heavy atom. The van der Waals surface area contributed by atoms with Gasteiger partial charge in [-0.3, -0.25) is 4.90 Å². The summed E-state index contributed by atoms with van der Waals surface area (Å²) in [7, 11) is 1.95. The Bertz CT molecular complexity index is 608. The van der Waals surface area contributed by atoms with Crippen molar-refractivity contribution in [2.75, 3.05) is 20.1 Å². The zero-order valence-electron chi connectivity index (χ0n) is 12.1. The van der Waals surface area contributed by atoms with Crippen LogP contribution in [0.5, 0.6) is 0 Å². The molecule has 2 nitrogen and oxygen atoms in total. The van der Waals surface area contributed by atoms with E-state index in [1.165, 1.54) is 16.9 Å². The maximum atomic E-state index is 14.2. The summed E-state index contributed by atoms with van der Waals surface area (Å²) in [6.07, 6.45) is 1.26. The number of thiophene rings is 1. The van der Waals surface area contributed by atoms with E-state index in [0.29, 0.717) is 0 Å². The molecule has 1 aromatic carbocycles. The lowest BCUT2D eigenvalue weighted by atomic mass is 10.1. The van der Waals surface area contributed by atoms with Crippen LogP contribution in [-0.4, -0.2) is 25.0 Å². The normalized spacial score (nSPS) is 20.1. The fourth-order valence-corrected chi connectivity index (χ4v) is 4.32. The van der Waals surface area contributed by atoms with E-state index in [9.17, 15) is 4.39 Å². The molecule has 1 aliphatic rings. The average molecular weight is 292 g/mol. The summed E-state index contributed by atoms with van der Waals surface area (Å²) in [5.41, 5.74) is 1.19. The molecule has 2 heterocycles. The number of likely N-dealkylation sites (tertiary alicyclic amines) is 1. The molecule has 0 radical (unpaired) electrons. The van der Waals surface area contributed by atoms with Gasteiger partial charge >= 0.3 is 0 Å². The second-order valence-corrected chi connectivity index (χ2v) is 6.91. The van der Waals surface area contributed by atoms with Crippen molar-refractivity contribution in [3.63, 3.8) is 0 Å². The number of nitrogens with one attached hydrogen (secondary N) is 1. The number of halogens is 1. The van der Waals surface area contributed by atoms with Crippen molar-refractivity contribution in [1.82, 2.24) is 10.2 Å². The average Bonchev–Trinajstić information content (AvgIpc) is 2.96. The minimum absolute atomic E-state index is 0.0802. The summed E-state index contributed by atoms with van der Waals surface area (Å²) in [5.74, 6) is 0.681. The van der Waals surface area contributed by atoms with Gasteiger partial charge in [0.2, 0.25) is 0 Å². The van der Waals surface area contributed by atoms with E-state index < -0.39 is 0 Å². The highest BCUT2D eigenvalue weighted by atomic mass is 32.1. The zero-order valence-corrected chi connectivity index (χ0v) is 12.9. The van der Waals surface area contributed by atoms with Gasteiger partial charge in [0.1, 0.15) is 5.82 Å². The van der Waals surface area contributed by atoms with Gasteiger partial charge in [-0.25, -0.2) is 4.39 Å². The van der Waals surface area contributed by atoms with Crippen molar-refractivity contribution in [2.24, 2.45) is 5.92 Å². The van der Waals surface area contributed by atoms with Crippen LogP contribution in [0.2, 0.25) is 0 Å². The first-order valence-corrected chi connectivity index (χ1v) is 8.06. The zero-order chi connectivity index (χ0) is 14.1. The van der Waals surface area contributed by atoms with E-state index in [-0.39, 0.29) is 5.82 Å². The third kappa shape index (κ3) is 2.60. The molecule has 20 heavy (non-hydrogen) atoms. The van der Waals surface area contributed by atoms with Crippen LogP contribution < -0.4 is 5.32 Å². The lowest BCUT2D eigenvalue weighted by Crippen LogP contribution is -2.20. The lowest BCUT2D eigenvalue weighted by molar-refractivity contribution is 0.320. The predicted octanol–water partition coefficient (Wildman–Crippen LogP) is 3.60. The second kappa shape index (κ2) is 5.80. The van der Waals surface area contributed by atoms with Gasteiger partial charge < -0.3 is 5.32 Å². The quantitative estimate of drug-likeness (QED) is 0.926. The molecule has 0 bridgehead atoms. The summed E-state index contributed by atoms with van der Waals surface area (Å²) in [6, 6.07) is 5.41. The lowest BCUT2D eigenvalue weighted by Gasteiger charge is -2.16. The summed E-state index contributed by atoms with van der Waals surface area (Å²) in [4.78, 5) is 3.73. The molecule has 1 N–H and O–H groups in total. The van der Waals surface area contributed by atoms with Gasteiger partial charge in [0, 0.05) is 34.6 Å². The molecule has 0 amide bonds. The van der Waals surface area contributed by atoms with Gasteiger partial charge in [-0.05, 0) is 43.6 Å². The molecule has 0 spiro atoms. The molecule has 1 aliphatic heterocycles. The van der Waals surface area contributed by atoms with E-state index in [0.717, 1.165) is 42.2 Å². The summed E-state index contributed by atoms with van der Waals surface area (Å²) in [6.45, 7) is 6.25. The molecule has 4 heteroatoms. The van der Waals surface area contributed by atoms with Crippen molar-refractivity contribution in [1.29, 1.82) is 0 Å². The Morgan fingerprint density at radius 3 is 3.00 bits per heavy atom. The van der Waals surface area contributed by atoms with Gasteiger partial charge in [-0.1, -0.05) is 13.0 Å². The molecule has 1 fully saturated rings. The molecule has 108 valence electrons. The molecule has 3 rings (SSSR count). The number of fused-ring (bicyclic) bond motifs is 1. The highest BCUT2D eigenvalue weighted by Gasteiger charge is 2.22. The third-order valence-electron chi connectivity index (χ3n) is 4.07. The van der Waals surface area contributed by atoms with Crippen LogP contribution in [-0.2, 0) is 13.1 Å². The number of hydrogen-bond acceptors (Lipinski definition) is 3. The molecule has 2 aromatic rings. The van der Waals surface area contributed by atoms with Crippen LogP contribution >= 0.6 is 11.3 Å². The van der Waals surface area contributed by atoms with E-state index in [4.69, 9.17) is 0 Å². The predicted molar refractivity (Wildman–Crippen MR) is 83.6 cm³/mol. The Kier molecular flexibility index (Phi) is 4.06. The maximum Gasteiger partial charge on any atom is 0.132 e. The van der Waals surface area contributed by atoms with Crippen LogP contribution in [0.3, 0.4) is 0 Å². The Labute approximate surface area is 123 Å². The summed E-state index contributed by atoms with van der Waals surface area (Å²) >= 11 is 1.72. The first kappa shape index (κ1) is 14.0. The fourth-order valence-electron chi connectivity index (χ4n) is 3.08. The van der Waals surface area contributed by atoms with Gasteiger partial charge in [0.25, 0.3) is 0 Å². The van der Waals surface area contributed by atoms with Gasteiger partial charge in [0.15, 0.2) is 0 Å². The molecule has 1 unspecified atom stereocenters. The minimum atomic E-state index is -0.0802. The van der Waals surface area contributed by atoms with Crippen molar-refractivity contribution in [3.8, 4) is 0 Å². The van der Waals surface area contributed by atoms with Gasteiger partial charge in [0.05, 0.1) is 0 Å². The molecule has 0 aliphatic carbocycles. The van der Waals surface area contributed by atoms with E-state index in [1.54, 1.807) is 23.5 Å². The van der Waals surface area contributed by atoms with E-state index in [2.05, 4.69) is 17.1 Å². The molecule has 1 aromatic heterocycles. The summed E-state index contributed by atoms with van der Waals surface area (Å²) in [5, 5.41) is 4.04. The highest BCUT2D eigenvalue weighted by molar-refractivity contribution is 7.19. The van der Waals surface area contributed by atoms with Crippen LogP contribution in [0, 0.1) is 11.7 Å². The maximum absolute atomic E-state index is 14.2.